The Bertz CT molecular complexity index is 895. The van der Waals surface area contributed by atoms with Gasteiger partial charge >= 0.3 is 5.97 Å². The highest BCUT2D eigenvalue weighted by Gasteiger charge is 2.14. The minimum atomic E-state index is -1.07. The van der Waals surface area contributed by atoms with Crippen molar-refractivity contribution in [3.05, 3.63) is 64.0 Å². The van der Waals surface area contributed by atoms with Gasteiger partial charge in [0, 0.05) is 16.0 Å². The molecule has 2 aromatic carbocycles. The number of carboxylic acid groups (broad SMARTS) is 1. The van der Waals surface area contributed by atoms with Crippen molar-refractivity contribution in [3.63, 3.8) is 0 Å². The van der Waals surface area contributed by atoms with Crippen LogP contribution in [0.1, 0.15) is 15.9 Å². The fourth-order valence-electron chi connectivity index (χ4n) is 2.19. The van der Waals surface area contributed by atoms with Crippen molar-refractivity contribution < 1.29 is 14.6 Å². The van der Waals surface area contributed by atoms with Gasteiger partial charge in [-0.15, -0.1) is 11.3 Å². The molecule has 3 N–H and O–H groups in total. The van der Waals surface area contributed by atoms with Gasteiger partial charge in [-0.25, -0.2) is 9.78 Å². The predicted octanol–water partition coefficient (Wildman–Crippen LogP) is 4.32. The van der Waals surface area contributed by atoms with Crippen LogP contribution in [0.3, 0.4) is 0 Å². The summed E-state index contributed by atoms with van der Waals surface area (Å²) >= 11 is 7.24. The Morgan fingerprint density at radius 3 is 2.79 bits per heavy atom. The maximum atomic E-state index is 11.5. The number of hydrogen-bond acceptors (Lipinski definition) is 5. The van der Waals surface area contributed by atoms with Crippen molar-refractivity contribution >= 4 is 34.0 Å². The van der Waals surface area contributed by atoms with Crippen LogP contribution in [-0.4, -0.2) is 16.1 Å². The highest BCUT2D eigenvalue weighted by atomic mass is 35.5. The van der Waals surface area contributed by atoms with E-state index in [-0.39, 0.29) is 17.9 Å². The van der Waals surface area contributed by atoms with Crippen molar-refractivity contribution in [2.75, 3.05) is 5.73 Å². The van der Waals surface area contributed by atoms with Crippen LogP contribution in [-0.2, 0) is 6.61 Å². The molecule has 0 unspecified atom stereocenters. The van der Waals surface area contributed by atoms with Gasteiger partial charge in [0.2, 0.25) is 0 Å². The molecule has 0 aliphatic heterocycles. The van der Waals surface area contributed by atoms with E-state index in [4.69, 9.17) is 22.1 Å². The van der Waals surface area contributed by atoms with Crippen molar-refractivity contribution in [2.24, 2.45) is 0 Å². The van der Waals surface area contributed by atoms with Gasteiger partial charge in [0.25, 0.3) is 0 Å². The molecule has 5 nitrogen and oxygen atoms in total. The van der Waals surface area contributed by atoms with Crippen LogP contribution in [0.2, 0.25) is 5.02 Å². The summed E-state index contributed by atoms with van der Waals surface area (Å²) < 4.78 is 5.65. The molecular weight excluding hydrogens is 348 g/mol. The third-order valence-electron chi connectivity index (χ3n) is 3.31. The number of carbonyl (C=O) groups is 1. The molecule has 0 fully saturated rings. The Morgan fingerprint density at radius 1 is 1.29 bits per heavy atom. The van der Waals surface area contributed by atoms with E-state index in [2.05, 4.69) is 4.98 Å². The van der Waals surface area contributed by atoms with Crippen LogP contribution in [0.25, 0.3) is 11.3 Å². The van der Waals surface area contributed by atoms with E-state index in [1.165, 1.54) is 17.4 Å². The molecule has 0 saturated heterocycles. The fourth-order valence-corrected chi connectivity index (χ4v) is 2.98. The third-order valence-corrected chi connectivity index (χ3v) is 4.22. The van der Waals surface area contributed by atoms with Gasteiger partial charge in [0.15, 0.2) is 5.13 Å². The number of benzene rings is 2. The number of nitrogens with two attached hydrogens (primary N) is 1. The zero-order valence-corrected chi connectivity index (χ0v) is 14.0. The van der Waals surface area contributed by atoms with E-state index >= 15 is 0 Å². The Hall–Kier alpha value is -2.57. The Labute approximate surface area is 147 Å². The fraction of sp³-hybridized carbons (Fsp3) is 0.0588. The van der Waals surface area contributed by atoms with E-state index in [0.717, 1.165) is 5.56 Å². The van der Waals surface area contributed by atoms with Gasteiger partial charge in [-0.05, 0) is 35.9 Å². The molecule has 0 amide bonds. The summed E-state index contributed by atoms with van der Waals surface area (Å²) in [6.45, 7) is 0.226. The Kier molecular flexibility index (Phi) is 4.69. The van der Waals surface area contributed by atoms with E-state index < -0.39 is 5.97 Å². The first-order valence-corrected chi connectivity index (χ1v) is 8.24. The molecule has 0 atom stereocenters. The summed E-state index contributed by atoms with van der Waals surface area (Å²) in [6.07, 6.45) is 0. The van der Waals surface area contributed by atoms with Crippen LogP contribution in [0.15, 0.2) is 47.8 Å². The SMILES string of the molecule is Nc1nc(-c2ccc(OCc3cccc(Cl)c3)c(C(=O)O)c2)cs1. The van der Waals surface area contributed by atoms with E-state index in [9.17, 15) is 9.90 Å². The number of anilines is 1. The van der Waals surface area contributed by atoms with E-state index in [1.807, 2.05) is 12.1 Å². The molecule has 122 valence electrons. The second-order valence-corrected chi connectivity index (χ2v) is 6.33. The molecule has 0 spiro atoms. The predicted molar refractivity (Wildman–Crippen MR) is 94.7 cm³/mol. The first-order chi connectivity index (χ1) is 11.5. The molecule has 1 aromatic heterocycles. The lowest BCUT2D eigenvalue weighted by atomic mass is 10.1. The van der Waals surface area contributed by atoms with Crippen LogP contribution >= 0.6 is 22.9 Å². The van der Waals surface area contributed by atoms with Gasteiger partial charge in [0.1, 0.15) is 17.9 Å². The summed E-state index contributed by atoms with van der Waals surface area (Å²) in [5.74, 6) is -0.782. The maximum Gasteiger partial charge on any atom is 0.339 e. The third kappa shape index (κ3) is 3.67. The van der Waals surface area contributed by atoms with Gasteiger partial charge in [-0.1, -0.05) is 23.7 Å². The maximum absolute atomic E-state index is 11.5. The summed E-state index contributed by atoms with van der Waals surface area (Å²) in [6, 6.07) is 12.1. The number of halogens is 1. The average Bonchev–Trinajstić information content (AvgIpc) is 2.99. The topological polar surface area (TPSA) is 85.4 Å². The number of nitrogen functional groups attached to an aromatic ring is 1. The second kappa shape index (κ2) is 6.90. The second-order valence-electron chi connectivity index (χ2n) is 5.01. The quantitative estimate of drug-likeness (QED) is 0.707. The zero-order chi connectivity index (χ0) is 17.1. The standard InChI is InChI=1S/C17H13ClN2O3S/c18-12-3-1-2-10(6-12)8-23-15-5-4-11(7-13(15)16(21)22)14-9-24-17(19)20-14/h1-7,9H,8H2,(H2,19,20)(H,21,22). The molecule has 3 rings (SSSR count). The minimum Gasteiger partial charge on any atom is -0.488 e. The van der Waals surface area contributed by atoms with E-state index in [0.29, 0.717) is 21.4 Å². The minimum absolute atomic E-state index is 0.0705. The summed E-state index contributed by atoms with van der Waals surface area (Å²) in [5.41, 5.74) is 7.87. The molecule has 1 heterocycles. The monoisotopic (exact) mass is 360 g/mol. The number of hydrogen-bond donors (Lipinski definition) is 2. The molecule has 0 saturated carbocycles. The van der Waals surface area contributed by atoms with Crippen LogP contribution < -0.4 is 10.5 Å². The van der Waals surface area contributed by atoms with Gasteiger partial charge in [0.05, 0.1) is 5.69 Å². The van der Waals surface area contributed by atoms with Gasteiger partial charge in [-0.2, -0.15) is 0 Å². The number of thiazole rings is 1. The van der Waals surface area contributed by atoms with Crippen molar-refractivity contribution in [1.29, 1.82) is 0 Å². The summed E-state index contributed by atoms with van der Waals surface area (Å²) in [5, 5.41) is 12.3. The molecule has 0 aliphatic carbocycles. The van der Waals surface area contributed by atoms with Crippen LogP contribution in [0.5, 0.6) is 5.75 Å². The average molecular weight is 361 g/mol. The molecular formula is C17H13ClN2O3S. The zero-order valence-electron chi connectivity index (χ0n) is 12.4. The smallest absolute Gasteiger partial charge is 0.339 e. The summed E-state index contributed by atoms with van der Waals surface area (Å²) in [4.78, 5) is 15.7. The number of nitrogens with zero attached hydrogens (tertiary/aromatic N) is 1. The van der Waals surface area contributed by atoms with Gasteiger partial charge < -0.3 is 15.6 Å². The number of aromatic carboxylic acids is 1. The lowest BCUT2D eigenvalue weighted by Crippen LogP contribution is -2.04. The number of aromatic nitrogens is 1. The Morgan fingerprint density at radius 2 is 2.12 bits per heavy atom. The van der Waals surface area contributed by atoms with Gasteiger partial charge in [-0.3, -0.25) is 0 Å². The molecule has 0 aliphatic rings. The largest absolute Gasteiger partial charge is 0.488 e. The highest BCUT2D eigenvalue weighted by molar-refractivity contribution is 7.13. The Balaban J connectivity index is 1.86. The lowest BCUT2D eigenvalue weighted by Gasteiger charge is -2.10. The molecule has 0 radical (unpaired) electrons. The van der Waals surface area contributed by atoms with E-state index in [1.54, 1.807) is 29.6 Å². The van der Waals surface area contributed by atoms with Crippen molar-refractivity contribution in [1.82, 2.24) is 4.98 Å². The first kappa shape index (κ1) is 16.3. The molecule has 3 aromatic rings. The number of rotatable bonds is 5. The van der Waals surface area contributed by atoms with Crippen LogP contribution in [0, 0.1) is 0 Å². The molecule has 0 bridgehead atoms. The van der Waals surface area contributed by atoms with Crippen molar-refractivity contribution in [2.45, 2.75) is 6.61 Å². The number of carboxylic acids is 1. The summed E-state index contributed by atoms with van der Waals surface area (Å²) in [7, 11) is 0. The highest BCUT2D eigenvalue weighted by Crippen LogP contribution is 2.29. The van der Waals surface area contributed by atoms with Crippen molar-refractivity contribution in [3.8, 4) is 17.0 Å². The molecule has 24 heavy (non-hydrogen) atoms. The lowest BCUT2D eigenvalue weighted by molar-refractivity contribution is 0.0692. The normalized spacial score (nSPS) is 10.5. The number of ether oxygens (including phenoxy) is 1. The molecule has 7 heteroatoms. The van der Waals surface area contributed by atoms with Crippen LogP contribution in [0.4, 0.5) is 5.13 Å². The first-order valence-electron chi connectivity index (χ1n) is 6.99.